The second-order valence-electron chi connectivity index (χ2n) is 11.8. The molecule has 188 valence electrons. The molecule has 4 atom stereocenters. The molecule has 0 radical (unpaired) electrons. The molecule has 2 fully saturated rings. The van der Waals surface area contributed by atoms with Gasteiger partial charge in [0, 0.05) is 12.8 Å². The lowest BCUT2D eigenvalue weighted by atomic mass is 9.67. The molecule has 3 nitrogen and oxygen atoms in total. The van der Waals surface area contributed by atoms with Gasteiger partial charge in [-0.2, -0.15) is 0 Å². The molecule has 1 saturated carbocycles. The minimum absolute atomic E-state index is 0.144. The summed E-state index contributed by atoms with van der Waals surface area (Å²) in [7, 11) is 0. The summed E-state index contributed by atoms with van der Waals surface area (Å²) in [5, 5.41) is 0. The summed E-state index contributed by atoms with van der Waals surface area (Å²) in [6, 6.07) is 19.3. The van der Waals surface area contributed by atoms with Crippen molar-refractivity contribution in [2.75, 3.05) is 0 Å². The SMILES string of the molecule is CC(C)c1ccc(C2CCC2CC(=O)CC2C(=O)OC(C)(C)CCCC2Cc2ccccc2)cc1. The normalized spacial score (nSPS) is 26.4. The third kappa shape index (κ3) is 6.63. The first-order valence-electron chi connectivity index (χ1n) is 13.6. The fourth-order valence-electron chi connectivity index (χ4n) is 6.00. The van der Waals surface area contributed by atoms with Crippen molar-refractivity contribution in [3.05, 3.63) is 71.3 Å². The van der Waals surface area contributed by atoms with Gasteiger partial charge < -0.3 is 4.74 Å². The van der Waals surface area contributed by atoms with Gasteiger partial charge in [0.15, 0.2) is 0 Å². The molecule has 0 bridgehead atoms. The highest BCUT2D eigenvalue weighted by atomic mass is 16.6. The lowest BCUT2D eigenvalue weighted by molar-refractivity contribution is -0.168. The summed E-state index contributed by atoms with van der Waals surface area (Å²) >= 11 is 0. The number of esters is 1. The Kier molecular flexibility index (Phi) is 8.14. The predicted molar refractivity (Wildman–Crippen MR) is 141 cm³/mol. The maximum atomic E-state index is 13.3. The van der Waals surface area contributed by atoms with Crippen molar-refractivity contribution in [1.82, 2.24) is 0 Å². The van der Waals surface area contributed by atoms with Crippen LogP contribution in [0.2, 0.25) is 0 Å². The number of hydrogen-bond acceptors (Lipinski definition) is 3. The minimum atomic E-state index is -0.461. The molecule has 0 N–H and O–H groups in total. The van der Waals surface area contributed by atoms with Gasteiger partial charge in [0.25, 0.3) is 0 Å². The number of ketones is 1. The van der Waals surface area contributed by atoms with Crippen molar-refractivity contribution in [2.45, 2.75) is 96.5 Å². The van der Waals surface area contributed by atoms with Crippen LogP contribution in [0.1, 0.15) is 101 Å². The Balaban J connectivity index is 1.43. The van der Waals surface area contributed by atoms with Crippen molar-refractivity contribution >= 4 is 11.8 Å². The smallest absolute Gasteiger partial charge is 0.310 e. The van der Waals surface area contributed by atoms with Crippen molar-refractivity contribution in [3.8, 4) is 0 Å². The number of benzene rings is 2. The second-order valence-corrected chi connectivity index (χ2v) is 11.8. The second kappa shape index (κ2) is 11.1. The maximum absolute atomic E-state index is 13.3. The molecular weight excluding hydrogens is 432 g/mol. The van der Waals surface area contributed by atoms with Crippen LogP contribution in [0.4, 0.5) is 0 Å². The molecule has 4 rings (SSSR count). The van der Waals surface area contributed by atoms with E-state index in [-0.39, 0.29) is 23.6 Å². The zero-order chi connectivity index (χ0) is 25.0. The molecule has 2 aromatic rings. The Morgan fingerprint density at radius 3 is 2.29 bits per heavy atom. The molecular formula is C32H42O3. The molecule has 3 heteroatoms. The number of ether oxygens (including phenoxy) is 1. The largest absolute Gasteiger partial charge is 0.459 e. The molecule has 1 aliphatic carbocycles. The van der Waals surface area contributed by atoms with Gasteiger partial charge in [-0.1, -0.05) is 68.4 Å². The molecule has 0 spiro atoms. The molecule has 2 aliphatic rings. The number of Topliss-reactive ketones (excluding diaryl/α,β-unsaturated/α-hetero) is 1. The van der Waals surface area contributed by atoms with Crippen LogP contribution in [0, 0.1) is 17.8 Å². The number of rotatable bonds is 8. The van der Waals surface area contributed by atoms with E-state index in [1.165, 1.54) is 16.7 Å². The molecule has 2 aromatic carbocycles. The third-order valence-corrected chi connectivity index (χ3v) is 8.33. The van der Waals surface area contributed by atoms with Crippen LogP contribution in [0.25, 0.3) is 0 Å². The average molecular weight is 475 g/mol. The van der Waals surface area contributed by atoms with E-state index in [1.807, 2.05) is 32.0 Å². The fraction of sp³-hybridized carbons (Fsp3) is 0.562. The zero-order valence-corrected chi connectivity index (χ0v) is 22.0. The Morgan fingerprint density at radius 2 is 1.66 bits per heavy atom. The van der Waals surface area contributed by atoms with Crippen LogP contribution in [0.3, 0.4) is 0 Å². The van der Waals surface area contributed by atoms with Crippen LogP contribution < -0.4 is 0 Å². The van der Waals surface area contributed by atoms with Gasteiger partial charge in [-0.3, -0.25) is 9.59 Å². The molecule has 1 saturated heterocycles. The summed E-state index contributed by atoms with van der Waals surface area (Å²) in [5.41, 5.74) is 3.48. The highest BCUT2D eigenvalue weighted by Crippen LogP contribution is 2.45. The lowest BCUT2D eigenvalue weighted by Gasteiger charge is -2.38. The van der Waals surface area contributed by atoms with Gasteiger partial charge in [-0.05, 0) is 92.7 Å². The van der Waals surface area contributed by atoms with Crippen molar-refractivity contribution < 1.29 is 14.3 Å². The van der Waals surface area contributed by atoms with E-state index >= 15 is 0 Å². The molecule has 0 amide bonds. The van der Waals surface area contributed by atoms with Crippen molar-refractivity contribution in [3.63, 3.8) is 0 Å². The van der Waals surface area contributed by atoms with E-state index < -0.39 is 5.60 Å². The standard InChI is InChI=1S/C32H42O3/c1-22(2)24-12-14-25(15-13-24)29-17-16-27(29)20-28(33)21-30-26(19-23-9-6-5-7-10-23)11-8-18-32(3,4)35-31(30)34/h5-7,9-10,12-15,22,26-27,29-30H,8,11,16-21H2,1-4H3. The van der Waals surface area contributed by atoms with E-state index in [4.69, 9.17) is 4.74 Å². The molecule has 1 aliphatic heterocycles. The first-order chi connectivity index (χ1) is 16.7. The quantitative estimate of drug-likeness (QED) is 0.369. The summed E-state index contributed by atoms with van der Waals surface area (Å²) in [6.07, 6.45) is 6.78. The summed E-state index contributed by atoms with van der Waals surface area (Å²) in [5.74, 6) is 1.21. The highest BCUT2D eigenvalue weighted by Gasteiger charge is 2.39. The number of carbonyl (C=O) groups excluding carboxylic acids is 2. The molecule has 4 unspecified atom stereocenters. The zero-order valence-electron chi connectivity index (χ0n) is 22.0. The minimum Gasteiger partial charge on any atom is -0.459 e. The van der Waals surface area contributed by atoms with Gasteiger partial charge >= 0.3 is 5.97 Å². The first kappa shape index (κ1) is 25.7. The summed E-state index contributed by atoms with van der Waals surface area (Å²) in [4.78, 5) is 26.6. The number of carbonyl (C=O) groups is 2. The van der Waals surface area contributed by atoms with Gasteiger partial charge in [-0.15, -0.1) is 0 Å². The lowest BCUT2D eigenvalue weighted by Crippen LogP contribution is -2.39. The molecule has 0 aromatic heterocycles. The van der Waals surface area contributed by atoms with Crippen LogP contribution in [-0.4, -0.2) is 17.4 Å². The van der Waals surface area contributed by atoms with Gasteiger partial charge in [-0.25, -0.2) is 0 Å². The Labute approximate surface area is 211 Å². The third-order valence-electron chi connectivity index (χ3n) is 8.33. The van der Waals surface area contributed by atoms with Crippen LogP contribution in [0.5, 0.6) is 0 Å². The Bertz CT molecular complexity index is 989. The Morgan fingerprint density at radius 1 is 0.943 bits per heavy atom. The van der Waals surface area contributed by atoms with Crippen molar-refractivity contribution in [1.29, 1.82) is 0 Å². The van der Waals surface area contributed by atoms with E-state index in [0.29, 0.717) is 30.6 Å². The van der Waals surface area contributed by atoms with E-state index in [0.717, 1.165) is 38.5 Å². The summed E-state index contributed by atoms with van der Waals surface area (Å²) in [6.45, 7) is 8.41. The van der Waals surface area contributed by atoms with Crippen LogP contribution in [0.15, 0.2) is 54.6 Å². The average Bonchev–Trinajstić information content (AvgIpc) is 2.80. The van der Waals surface area contributed by atoms with Crippen LogP contribution in [-0.2, 0) is 20.7 Å². The van der Waals surface area contributed by atoms with Crippen LogP contribution >= 0.6 is 0 Å². The number of cyclic esters (lactones) is 1. The van der Waals surface area contributed by atoms with Crippen molar-refractivity contribution in [2.24, 2.45) is 17.8 Å². The van der Waals surface area contributed by atoms with E-state index in [1.54, 1.807) is 0 Å². The monoisotopic (exact) mass is 474 g/mol. The maximum Gasteiger partial charge on any atom is 0.310 e. The van der Waals surface area contributed by atoms with Gasteiger partial charge in [0.1, 0.15) is 11.4 Å². The van der Waals surface area contributed by atoms with E-state index in [9.17, 15) is 9.59 Å². The van der Waals surface area contributed by atoms with Gasteiger partial charge in [0.2, 0.25) is 0 Å². The fourth-order valence-corrected chi connectivity index (χ4v) is 6.00. The highest BCUT2D eigenvalue weighted by molar-refractivity contribution is 5.85. The molecule has 35 heavy (non-hydrogen) atoms. The Hall–Kier alpha value is -2.42. The van der Waals surface area contributed by atoms with E-state index in [2.05, 4.69) is 50.2 Å². The van der Waals surface area contributed by atoms with Gasteiger partial charge in [0.05, 0.1) is 5.92 Å². The number of hydrogen-bond donors (Lipinski definition) is 0. The first-order valence-corrected chi connectivity index (χ1v) is 13.6. The molecule has 1 heterocycles. The predicted octanol–water partition coefficient (Wildman–Crippen LogP) is 7.63. The summed E-state index contributed by atoms with van der Waals surface area (Å²) < 4.78 is 5.94. The topological polar surface area (TPSA) is 43.4 Å².